The van der Waals surface area contributed by atoms with Crippen LogP contribution in [0.3, 0.4) is 0 Å². The third-order valence-corrected chi connectivity index (χ3v) is 3.06. The summed E-state index contributed by atoms with van der Waals surface area (Å²) in [6.07, 6.45) is 0. The predicted molar refractivity (Wildman–Crippen MR) is 67.1 cm³/mol. The molecule has 18 heavy (non-hydrogen) atoms. The second kappa shape index (κ2) is 4.11. The van der Waals surface area contributed by atoms with E-state index in [9.17, 15) is 9.59 Å². The van der Waals surface area contributed by atoms with E-state index < -0.39 is 0 Å². The number of carbonyl (C=O) groups is 2. The summed E-state index contributed by atoms with van der Waals surface area (Å²) in [4.78, 5) is 25.5. The number of imide groups is 1. The fourth-order valence-electron chi connectivity index (χ4n) is 2.15. The zero-order chi connectivity index (χ0) is 12.5. The maximum atomic E-state index is 12.1. The highest BCUT2D eigenvalue weighted by molar-refractivity contribution is 6.21. The van der Waals surface area contributed by atoms with Gasteiger partial charge in [0.2, 0.25) is 0 Å². The molecule has 0 spiro atoms. The van der Waals surface area contributed by atoms with Crippen LogP contribution < -0.4 is 0 Å². The van der Waals surface area contributed by atoms with Gasteiger partial charge in [0, 0.05) is 0 Å². The van der Waals surface area contributed by atoms with Gasteiger partial charge in [-0.2, -0.15) is 0 Å². The summed E-state index contributed by atoms with van der Waals surface area (Å²) >= 11 is 0. The van der Waals surface area contributed by atoms with Crippen LogP contribution in [-0.2, 0) is 6.54 Å². The Morgan fingerprint density at radius 3 is 1.78 bits per heavy atom. The summed E-state index contributed by atoms with van der Waals surface area (Å²) in [6.45, 7) is 0.327. The van der Waals surface area contributed by atoms with Crippen LogP contribution in [0.2, 0.25) is 0 Å². The molecular formula is C15H11NO2. The van der Waals surface area contributed by atoms with E-state index in [1.807, 2.05) is 30.3 Å². The van der Waals surface area contributed by atoms with E-state index in [1.165, 1.54) is 4.90 Å². The summed E-state index contributed by atoms with van der Waals surface area (Å²) in [5, 5.41) is 0. The molecule has 0 aromatic heterocycles. The Bertz CT molecular complexity index is 584. The molecule has 0 fully saturated rings. The summed E-state index contributed by atoms with van der Waals surface area (Å²) in [5.41, 5.74) is 1.95. The van der Waals surface area contributed by atoms with Gasteiger partial charge in [0.25, 0.3) is 11.8 Å². The maximum absolute atomic E-state index is 12.1. The number of hydrogen-bond acceptors (Lipinski definition) is 2. The highest BCUT2D eigenvalue weighted by atomic mass is 16.3. The summed E-state index contributed by atoms with van der Waals surface area (Å²) < 4.78 is 0. The number of nitrogens with zero attached hydrogens (tertiary/aromatic N) is 1. The number of rotatable bonds is 2. The van der Waals surface area contributed by atoms with Crippen molar-refractivity contribution < 1.29 is 9.59 Å². The van der Waals surface area contributed by atoms with Gasteiger partial charge < -0.3 is 0 Å². The molecule has 2 aromatic carbocycles. The standard InChI is InChI=1S/C15H11NO2/c17-14-12-8-4-5-9-13(12)15(18)16(14)10-11-6-2-1-3-7-11/h1-9H,10H2/i16+1. The first-order valence-electron chi connectivity index (χ1n) is 5.76. The van der Waals surface area contributed by atoms with Crippen LogP contribution in [-0.4, -0.2) is 16.7 Å². The molecule has 0 saturated heterocycles. The molecule has 0 atom stereocenters. The molecule has 2 amide bonds. The first-order chi connectivity index (χ1) is 8.77. The largest absolute Gasteiger partial charge is 0.270 e. The third-order valence-electron chi connectivity index (χ3n) is 3.06. The minimum Gasteiger partial charge on any atom is -0.270 e. The van der Waals surface area contributed by atoms with Gasteiger partial charge >= 0.3 is 0 Å². The zero-order valence-electron chi connectivity index (χ0n) is 9.67. The Kier molecular flexibility index (Phi) is 2.45. The van der Waals surface area contributed by atoms with E-state index in [2.05, 4.69) is 0 Å². The van der Waals surface area contributed by atoms with Gasteiger partial charge in [-0.15, -0.1) is 0 Å². The van der Waals surface area contributed by atoms with Crippen LogP contribution >= 0.6 is 0 Å². The van der Waals surface area contributed by atoms with E-state index in [0.717, 1.165) is 5.56 Å². The first-order valence-corrected chi connectivity index (χ1v) is 5.76. The Morgan fingerprint density at radius 1 is 0.722 bits per heavy atom. The fraction of sp³-hybridized carbons (Fsp3) is 0.0667. The summed E-state index contributed by atoms with van der Waals surface area (Å²) in [7, 11) is 0. The lowest BCUT2D eigenvalue weighted by atomic mass is 10.1. The Hall–Kier alpha value is -2.42. The molecule has 0 bridgehead atoms. The molecule has 2 aromatic rings. The van der Waals surface area contributed by atoms with Crippen molar-refractivity contribution >= 4 is 11.8 Å². The van der Waals surface area contributed by atoms with Crippen LogP contribution in [0.5, 0.6) is 0 Å². The van der Waals surface area contributed by atoms with Gasteiger partial charge in [-0.05, 0) is 17.7 Å². The summed E-state index contributed by atoms with van der Waals surface area (Å²) in [5.74, 6) is -0.418. The minimum absolute atomic E-state index is 0.209. The predicted octanol–water partition coefficient (Wildman–Crippen LogP) is 2.48. The fourth-order valence-corrected chi connectivity index (χ4v) is 2.15. The molecule has 1 aliphatic heterocycles. The number of benzene rings is 2. The molecule has 1 aliphatic rings. The topological polar surface area (TPSA) is 37.4 Å². The van der Waals surface area contributed by atoms with Crippen LogP contribution in [0, 0.1) is 0 Å². The molecule has 3 rings (SSSR count). The molecular weight excluding hydrogens is 227 g/mol. The van der Waals surface area contributed by atoms with Crippen molar-refractivity contribution in [2.45, 2.75) is 6.54 Å². The molecule has 1 heterocycles. The SMILES string of the molecule is O=C1c2ccccc2C(=O)[15N]1Cc1ccccc1. The average molecular weight is 238 g/mol. The first kappa shape index (κ1) is 10.7. The van der Waals surface area contributed by atoms with Crippen molar-refractivity contribution in [1.82, 2.24) is 4.90 Å². The molecule has 3 nitrogen and oxygen atoms in total. The van der Waals surface area contributed by atoms with E-state index in [-0.39, 0.29) is 11.8 Å². The Labute approximate surface area is 105 Å². The molecule has 0 unspecified atom stereocenters. The monoisotopic (exact) mass is 238 g/mol. The molecule has 0 N–H and O–H groups in total. The van der Waals surface area contributed by atoms with E-state index in [0.29, 0.717) is 17.7 Å². The van der Waals surface area contributed by atoms with E-state index >= 15 is 0 Å². The maximum Gasteiger partial charge on any atom is 0.261 e. The molecule has 0 aliphatic carbocycles. The normalized spacial score (nSPS) is 13.9. The third kappa shape index (κ3) is 1.61. The quantitative estimate of drug-likeness (QED) is 0.595. The number of fused-ring (bicyclic) bond motifs is 1. The molecule has 0 radical (unpaired) electrons. The van der Waals surface area contributed by atoms with Gasteiger partial charge in [-0.1, -0.05) is 42.5 Å². The van der Waals surface area contributed by atoms with Gasteiger partial charge in [0.1, 0.15) is 0 Å². The highest BCUT2D eigenvalue weighted by Gasteiger charge is 2.34. The van der Waals surface area contributed by atoms with Crippen molar-refractivity contribution in [2.75, 3.05) is 0 Å². The number of hydrogen-bond donors (Lipinski definition) is 0. The van der Waals surface area contributed by atoms with Crippen molar-refractivity contribution in [3.63, 3.8) is 0 Å². The van der Waals surface area contributed by atoms with Gasteiger partial charge in [-0.25, -0.2) is 0 Å². The number of carbonyl (C=O) groups excluding carboxylic acids is 2. The van der Waals surface area contributed by atoms with Crippen molar-refractivity contribution in [1.29, 1.82) is 0 Å². The van der Waals surface area contributed by atoms with Crippen LogP contribution in [0.1, 0.15) is 26.3 Å². The van der Waals surface area contributed by atoms with E-state index in [4.69, 9.17) is 0 Å². The van der Waals surface area contributed by atoms with Gasteiger partial charge in [0.05, 0.1) is 17.7 Å². The van der Waals surface area contributed by atoms with Crippen LogP contribution in [0.4, 0.5) is 0 Å². The molecule has 88 valence electrons. The van der Waals surface area contributed by atoms with Crippen molar-refractivity contribution in [3.8, 4) is 0 Å². The number of amides is 2. The van der Waals surface area contributed by atoms with Gasteiger partial charge in [0.15, 0.2) is 0 Å². The molecule has 3 heteroatoms. The van der Waals surface area contributed by atoms with Crippen LogP contribution in [0.15, 0.2) is 54.6 Å². The second-order valence-corrected chi connectivity index (χ2v) is 4.23. The lowest BCUT2D eigenvalue weighted by Gasteiger charge is -2.13. The summed E-state index contributed by atoms with van der Waals surface area (Å²) in [6, 6.07) is 16.5. The smallest absolute Gasteiger partial charge is 0.261 e. The Balaban J connectivity index is 1.93. The Morgan fingerprint density at radius 2 is 1.22 bits per heavy atom. The van der Waals surface area contributed by atoms with Gasteiger partial charge in [-0.3, -0.25) is 14.5 Å². The van der Waals surface area contributed by atoms with Crippen molar-refractivity contribution in [2.24, 2.45) is 0 Å². The van der Waals surface area contributed by atoms with E-state index in [1.54, 1.807) is 24.3 Å². The van der Waals surface area contributed by atoms with Crippen molar-refractivity contribution in [3.05, 3.63) is 71.3 Å². The zero-order valence-corrected chi connectivity index (χ0v) is 9.67. The molecule has 0 saturated carbocycles. The second-order valence-electron chi connectivity index (χ2n) is 4.23. The highest BCUT2D eigenvalue weighted by Crippen LogP contribution is 2.23. The lowest BCUT2D eigenvalue weighted by molar-refractivity contribution is 0.0642. The lowest BCUT2D eigenvalue weighted by Crippen LogP contribution is -2.29. The minimum atomic E-state index is -0.209. The average Bonchev–Trinajstić information content (AvgIpc) is 2.66. The van der Waals surface area contributed by atoms with Crippen LogP contribution in [0.25, 0.3) is 0 Å².